The van der Waals surface area contributed by atoms with Gasteiger partial charge in [-0.3, -0.25) is 9.59 Å². The summed E-state index contributed by atoms with van der Waals surface area (Å²) >= 11 is 0. The van der Waals surface area contributed by atoms with Gasteiger partial charge in [-0.25, -0.2) is 12.8 Å². The zero-order valence-corrected chi connectivity index (χ0v) is 15.6. The third kappa shape index (κ3) is 4.23. The van der Waals surface area contributed by atoms with E-state index in [2.05, 4.69) is 0 Å². The molecule has 1 aliphatic heterocycles. The molecule has 27 heavy (non-hydrogen) atoms. The summed E-state index contributed by atoms with van der Waals surface area (Å²) in [5, 5.41) is 0. The quantitative estimate of drug-likeness (QED) is 0.746. The zero-order valence-electron chi connectivity index (χ0n) is 14.8. The SMILES string of the molecule is CS(=O)(=O)N1CCN(C(=O)c2ccccc2C(=O)c2ccc(F)cc2)CC1. The minimum Gasteiger partial charge on any atom is -0.336 e. The predicted molar refractivity (Wildman–Crippen MR) is 98.6 cm³/mol. The maximum absolute atomic E-state index is 13.1. The fourth-order valence-electron chi connectivity index (χ4n) is 3.02. The Labute approximate surface area is 157 Å². The van der Waals surface area contributed by atoms with Gasteiger partial charge in [0.1, 0.15) is 5.82 Å². The molecule has 1 heterocycles. The van der Waals surface area contributed by atoms with Gasteiger partial charge in [0.25, 0.3) is 5.91 Å². The lowest BCUT2D eigenvalue weighted by Gasteiger charge is -2.33. The molecular weight excluding hydrogens is 371 g/mol. The van der Waals surface area contributed by atoms with Crippen molar-refractivity contribution in [2.75, 3.05) is 32.4 Å². The van der Waals surface area contributed by atoms with Crippen LogP contribution in [0, 0.1) is 5.82 Å². The Morgan fingerprint density at radius 1 is 0.889 bits per heavy atom. The smallest absolute Gasteiger partial charge is 0.254 e. The van der Waals surface area contributed by atoms with E-state index in [9.17, 15) is 22.4 Å². The number of piperazine rings is 1. The zero-order chi connectivity index (χ0) is 19.6. The molecule has 1 aliphatic rings. The lowest BCUT2D eigenvalue weighted by atomic mass is 9.97. The Bertz CT molecular complexity index is 965. The van der Waals surface area contributed by atoms with E-state index in [-0.39, 0.29) is 49.0 Å². The second-order valence-corrected chi connectivity index (χ2v) is 8.32. The topological polar surface area (TPSA) is 74.8 Å². The highest BCUT2D eigenvalue weighted by atomic mass is 32.2. The minimum atomic E-state index is -3.29. The largest absolute Gasteiger partial charge is 0.336 e. The third-order valence-corrected chi connectivity index (χ3v) is 5.81. The van der Waals surface area contributed by atoms with Crippen LogP contribution in [0.2, 0.25) is 0 Å². The van der Waals surface area contributed by atoms with Crippen molar-refractivity contribution < 1.29 is 22.4 Å². The second-order valence-electron chi connectivity index (χ2n) is 6.34. The molecule has 0 spiro atoms. The number of carbonyl (C=O) groups is 2. The van der Waals surface area contributed by atoms with Crippen molar-refractivity contribution in [1.29, 1.82) is 0 Å². The molecule has 3 rings (SSSR count). The monoisotopic (exact) mass is 390 g/mol. The molecule has 1 saturated heterocycles. The first-order valence-electron chi connectivity index (χ1n) is 8.41. The summed E-state index contributed by atoms with van der Waals surface area (Å²) in [7, 11) is -3.29. The number of carbonyl (C=O) groups excluding carboxylic acids is 2. The summed E-state index contributed by atoms with van der Waals surface area (Å²) in [5.41, 5.74) is 0.776. The minimum absolute atomic E-state index is 0.221. The molecule has 0 aromatic heterocycles. The van der Waals surface area contributed by atoms with E-state index in [0.29, 0.717) is 5.56 Å². The van der Waals surface area contributed by atoms with Crippen LogP contribution >= 0.6 is 0 Å². The van der Waals surface area contributed by atoms with Crippen LogP contribution in [0.3, 0.4) is 0 Å². The van der Waals surface area contributed by atoms with E-state index in [1.54, 1.807) is 29.2 Å². The van der Waals surface area contributed by atoms with Gasteiger partial charge in [-0.2, -0.15) is 4.31 Å². The highest BCUT2D eigenvalue weighted by Crippen LogP contribution is 2.18. The van der Waals surface area contributed by atoms with Crippen LogP contribution in [0.1, 0.15) is 26.3 Å². The van der Waals surface area contributed by atoms with Gasteiger partial charge in [0.2, 0.25) is 10.0 Å². The molecule has 0 N–H and O–H groups in total. The Kier molecular flexibility index (Phi) is 5.38. The predicted octanol–water partition coefficient (Wildman–Crippen LogP) is 1.77. The Morgan fingerprint density at radius 3 is 2.00 bits per heavy atom. The first-order valence-corrected chi connectivity index (χ1v) is 10.3. The van der Waals surface area contributed by atoms with Crippen molar-refractivity contribution in [1.82, 2.24) is 9.21 Å². The van der Waals surface area contributed by atoms with Crippen LogP contribution in [0.25, 0.3) is 0 Å². The van der Waals surface area contributed by atoms with Gasteiger partial charge in [-0.05, 0) is 30.3 Å². The van der Waals surface area contributed by atoms with Gasteiger partial charge >= 0.3 is 0 Å². The van der Waals surface area contributed by atoms with E-state index in [1.165, 1.54) is 28.6 Å². The number of rotatable bonds is 4. The summed E-state index contributed by atoms with van der Waals surface area (Å²) in [4.78, 5) is 27.2. The molecule has 0 unspecified atom stereocenters. The highest BCUT2D eigenvalue weighted by molar-refractivity contribution is 7.88. The normalized spacial score (nSPS) is 15.6. The number of hydrogen-bond donors (Lipinski definition) is 0. The maximum atomic E-state index is 13.1. The standard InChI is InChI=1S/C19H19FN2O4S/c1-27(25,26)22-12-10-21(11-13-22)19(24)17-5-3-2-4-16(17)18(23)14-6-8-15(20)9-7-14/h2-9H,10-13H2,1H3. The van der Waals surface area contributed by atoms with Crippen LogP contribution in [0.15, 0.2) is 48.5 Å². The average Bonchev–Trinajstić information content (AvgIpc) is 2.67. The number of sulfonamides is 1. The summed E-state index contributed by atoms with van der Waals surface area (Å²) < 4.78 is 37.6. The number of hydrogen-bond acceptors (Lipinski definition) is 4. The van der Waals surface area contributed by atoms with Crippen LogP contribution in [0.4, 0.5) is 4.39 Å². The number of amides is 1. The second kappa shape index (κ2) is 7.58. The van der Waals surface area contributed by atoms with Crippen LogP contribution in [-0.4, -0.2) is 61.7 Å². The molecule has 1 amide bonds. The van der Waals surface area contributed by atoms with Crippen molar-refractivity contribution in [3.05, 3.63) is 71.0 Å². The summed E-state index contributed by atoms with van der Waals surface area (Å²) in [6.07, 6.45) is 1.14. The molecule has 142 valence electrons. The van der Waals surface area contributed by atoms with E-state index in [0.717, 1.165) is 6.26 Å². The van der Waals surface area contributed by atoms with E-state index in [1.807, 2.05) is 0 Å². The van der Waals surface area contributed by atoms with E-state index in [4.69, 9.17) is 0 Å². The van der Waals surface area contributed by atoms with Crippen molar-refractivity contribution in [2.45, 2.75) is 0 Å². The summed E-state index contributed by atoms with van der Waals surface area (Å²) in [6, 6.07) is 11.6. The first-order chi connectivity index (χ1) is 12.8. The molecule has 0 bridgehead atoms. The number of nitrogens with zero attached hydrogens (tertiary/aromatic N) is 2. The van der Waals surface area contributed by atoms with Gasteiger partial charge in [0.05, 0.1) is 11.8 Å². The first kappa shape index (κ1) is 19.2. The number of halogens is 1. The molecule has 2 aromatic carbocycles. The average molecular weight is 390 g/mol. The Balaban J connectivity index is 1.83. The van der Waals surface area contributed by atoms with E-state index >= 15 is 0 Å². The van der Waals surface area contributed by atoms with E-state index < -0.39 is 15.8 Å². The molecule has 6 nitrogen and oxygen atoms in total. The fourth-order valence-corrected chi connectivity index (χ4v) is 3.84. The number of benzene rings is 2. The third-order valence-electron chi connectivity index (χ3n) is 4.50. The van der Waals surface area contributed by atoms with Gasteiger partial charge in [-0.15, -0.1) is 0 Å². The lowest BCUT2D eigenvalue weighted by Crippen LogP contribution is -2.50. The maximum Gasteiger partial charge on any atom is 0.254 e. The fraction of sp³-hybridized carbons (Fsp3) is 0.263. The van der Waals surface area contributed by atoms with Gasteiger partial charge in [0, 0.05) is 37.3 Å². The summed E-state index contributed by atoms with van der Waals surface area (Å²) in [6.45, 7) is 0.952. The lowest BCUT2D eigenvalue weighted by molar-refractivity contribution is 0.0695. The molecule has 1 fully saturated rings. The molecule has 0 aliphatic carbocycles. The van der Waals surface area contributed by atoms with Gasteiger partial charge < -0.3 is 4.90 Å². The molecule has 0 atom stereocenters. The van der Waals surface area contributed by atoms with Crippen molar-refractivity contribution in [3.63, 3.8) is 0 Å². The molecule has 8 heteroatoms. The van der Waals surface area contributed by atoms with Crippen LogP contribution < -0.4 is 0 Å². The van der Waals surface area contributed by atoms with Gasteiger partial charge in [0.15, 0.2) is 5.78 Å². The van der Waals surface area contributed by atoms with Crippen molar-refractivity contribution in [3.8, 4) is 0 Å². The molecule has 0 radical (unpaired) electrons. The van der Waals surface area contributed by atoms with Crippen LogP contribution in [0.5, 0.6) is 0 Å². The van der Waals surface area contributed by atoms with Crippen molar-refractivity contribution in [2.24, 2.45) is 0 Å². The van der Waals surface area contributed by atoms with Crippen molar-refractivity contribution >= 4 is 21.7 Å². The molecular formula is C19H19FN2O4S. The summed E-state index contributed by atoms with van der Waals surface area (Å²) in [5.74, 6) is -1.14. The molecule has 0 saturated carbocycles. The van der Waals surface area contributed by atoms with Gasteiger partial charge in [-0.1, -0.05) is 18.2 Å². The van der Waals surface area contributed by atoms with Crippen LogP contribution in [-0.2, 0) is 10.0 Å². The Hall–Kier alpha value is -2.58. The highest BCUT2D eigenvalue weighted by Gasteiger charge is 2.28. The Morgan fingerprint density at radius 2 is 1.44 bits per heavy atom. The molecule has 2 aromatic rings. The number of ketones is 1.